The van der Waals surface area contributed by atoms with Gasteiger partial charge in [-0.1, -0.05) is 32.4 Å². The molecule has 0 unspecified atom stereocenters. The maximum absolute atomic E-state index is 11.9. The van der Waals surface area contributed by atoms with Gasteiger partial charge in [0.1, 0.15) is 5.15 Å². The third kappa shape index (κ3) is 4.27. The van der Waals surface area contributed by atoms with Crippen LogP contribution in [-0.4, -0.2) is 28.6 Å². The van der Waals surface area contributed by atoms with Gasteiger partial charge in [-0.2, -0.15) is 0 Å². The number of amides is 1. The first-order valence-corrected chi connectivity index (χ1v) is 6.22. The number of aliphatic hydroxyl groups is 1. The van der Waals surface area contributed by atoms with Crippen LogP contribution in [0.1, 0.15) is 43.7 Å². The van der Waals surface area contributed by atoms with Crippen molar-refractivity contribution < 1.29 is 9.90 Å². The van der Waals surface area contributed by atoms with Crippen LogP contribution >= 0.6 is 11.6 Å². The summed E-state index contributed by atoms with van der Waals surface area (Å²) in [4.78, 5) is 16.1. The van der Waals surface area contributed by atoms with E-state index in [0.29, 0.717) is 10.7 Å². The van der Waals surface area contributed by atoms with Crippen molar-refractivity contribution in [1.82, 2.24) is 10.3 Å². The summed E-state index contributed by atoms with van der Waals surface area (Å²) in [5.74, 6) is -0.259. The Hall–Kier alpha value is -1.13. The van der Waals surface area contributed by atoms with Crippen LogP contribution in [0.5, 0.6) is 0 Å². The molecule has 1 aromatic heterocycles. The monoisotopic (exact) mass is 270 g/mol. The van der Waals surface area contributed by atoms with E-state index < -0.39 is 6.10 Å². The molecule has 0 aliphatic heterocycles. The number of nitrogens with one attached hydrogen (secondary N) is 1. The van der Waals surface area contributed by atoms with E-state index in [0.717, 1.165) is 5.69 Å². The summed E-state index contributed by atoms with van der Waals surface area (Å²) in [6.45, 7) is 7.83. The second-order valence-electron chi connectivity index (χ2n) is 5.37. The highest BCUT2D eigenvalue weighted by Gasteiger charge is 2.18. The Morgan fingerprint density at radius 3 is 2.61 bits per heavy atom. The lowest BCUT2D eigenvalue weighted by Crippen LogP contribution is -2.31. The maximum Gasteiger partial charge on any atom is 0.251 e. The van der Waals surface area contributed by atoms with E-state index in [1.807, 2.05) is 20.8 Å². The number of hydrogen-bond acceptors (Lipinski definition) is 3. The molecule has 1 atom stereocenters. The van der Waals surface area contributed by atoms with E-state index in [1.54, 1.807) is 13.0 Å². The summed E-state index contributed by atoms with van der Waals surface area (Å²) >= 11 is 5.92. The van der Waals surface area contributed by atoms with E-state index in [4.69, 9.17) is 16.7 Å². The summed E-state index contributed by atoms with van der Waals surface area (Å²) in [5, 5.41) is 12.1. The predicted octanol–water partition coefficient (Wildman–Crippen LogP) is 2.14. The molecule has 4 nitrogen and oxygen atoms in total. The van der Waals surface area contributed by atoms with Crippen LogP contribution in [-0.2, 0) is 5.41 Å². The Labute approximate surface area is 112 Å². The Kier molecular flexibility index (Phi) is 4.71. The number of carbonyl (C=O) groups is 1. The molecule has 0 saturated carbocycles. The summed E-state index contributed by atoms with van der Waals surface area (Å²) in [7, 11) is 0. The summed E-state index contributed by atoms with van der Waals surface area (Å²) < 4.78 is 0. The minimum atomic E-state index is -0.576. The van der Waals surface area contributed by atoms with Gasteiger partial charge in [-0.05, 0) is 19.1 Å². The Balaban J connectivity index is 2.96. The second kappa shape index (κ2) is 5.67. The van der Waals surface area contributed by atoms with Gasteiger partial charge in [-0.3, -0.25) is 4.79 Å². The van der Waals surface area contributed by atoms with Crippen LogP contribution < -0.4 is 5.32 Å². The topological polar surface area (TPSA) is 62.2 Å². The molecular formula is C13H19ClN2O2. The third-order valence-corrected chi connectivity index (χ3v) is 2.58. The molecule has 0 aromatic carbocycles. The summed E-state index contributed by atoms with van der Waals surface area (Å²) in [6, 6.07) is 3.25. The molecule has 1 amide bonds. The van der Waals surface area contributed by atoms with Crippen LogP contribution in [0, 0.1) is 0 Å². The number of aromatic nitrogens is 1. The minimum absolute atomic E-state index is 0.176. The fraction of sp³-hybridized carbons (Fsp3) is 0.538. The van der Waals surface area contributed by atoms with Gasteiger partial charge in [0.05, 0.1) is 6.10 Å². The van der Waals surface area contributed by atoms with Gasteiger partial charge in [0.25, 0.3) is 5.91 Å². The minimum Gasteiger partial charge on any atom is -0.392 e. The number of rotatable bonds is 3. The molecule has 18 heavy (non-hydrogen) atoms. The molecule has 0 radical (unpaired) electrons. The van der Waals surface area contributed by atoms with Gasteiger partial charge in [0.15, 0.2) is 0 Å². The molecule has 5 heteroatoms. The molecule has 0 aliphatic carbocycles. The molecule has 0 fully saturated rings. The zero-order valence-electron chi connectivity index (χ0n) is 11.1. The van der Waals surface area contributed by atoms with E-state index in [1.165, 1.54) is 6.07 Å². The second-order valence-corrected chi connectivity index (χ2v) is 5.76. The fourth-order valence-corrected chi connectivity index (χ4v) is 1.56. The number of hydrogen-bond donors (Lipinski definition) is 2. The maximum atomic E-state index is 11.9. The van der Waals surface area contributed by atoms with Crippen LogP contribution in [0.25, 0.3) is 0 Å². The van der Waals surface area contributed by atoms with Crippen molar-refractivity contribution in [3.8, 4) is 0 Å². The van der Waals surface area contributed by atoms with Gasteiger partial charge < -0.3 is 10.4 Å². The highest BCUT2D eigenvalue weighted by molar-refractivity contribution is 6.29. The van der Waals surface area contributed by atoms with Crippen molar-refractivity contribution in [2.24, 2.45) is 0 Å². The number of aliphatic hydroxyl groups excluding tert-OH is 1. The number of pyridine rings is 1. The quantitative estimate of drug-likeness (QED) is 0.828. The van der Waals surface area contributed by atoms with Crippen LogP contribution in [0.3, 0.4) is 0 Å². The van der Waals surface area contributed by atoms with Crippen molar-refractivity contribution >= 4 is 17.5 Å². The SMILES string of the molecule is C[C@H](O)CNC(=O)c1cc(Cl)nc(C(C)(C)C)c1. The standard InChI is InChI=1S/C13H19ClN2O2/c1-8(17)7-15-12(18)9-5-10(13(2,3)4)16-11(14)6-9/h5-6,8,17H,7H2,1-4H3,(H,15,18)/t8-/m0/s1. The normalized spacial score (nSPS) is 13.2. The molecule has 1 aromatic rings. The van der Waals surface area contributed by atoms with Gasteiger partial charge in [0.2, 0.25) is 0 Å². The van der Waals surface area contributed by atoms with Crippen LogP contribution in [0.15, 0.2) is 12.1 Å². The van der Waals surface area contributed by atoms with E-state index in [2.05, 4.69) is 10.3 Å². The molecule has 0 aliphatic rings. The Morgan fingerprint density at radius 1 is 1.50 bits per heavy atom. The zero-order valence-corrected chi connectivity index (χ0v) is 11.9. The molecule has 0 spiro atoms. The first-order valence-electron chi connectivity index (χ1n) is 5.84. The number of halogens is 1. The predicted molar refractivity (Wildman–Crippen MR) is 72.0 cm³/mol. The van der Waals surface area contributed by atoms with Crippen molar-refractivity contribution in [2.75, 3.05) is 6.54 Å². The number of nitrogens with zero attached hydrogens (tertiary/aromatic N) is 1. The summed E-state index contributed by atoms with van der Waals surface area (Å²) in [6.07, 6.45) is -0.576. The first kappa shape index (κ1) is 14.9. The lowest BCUT2D eigenvalue weighted by molar-refractivity contribution is 0.0923. The van der Waals surface area contributed by atoms with Crippen LogP contribution in [0.4, 0.5) is 0 Å². The van der Waals surface area contributed by atoms with Crippen LogP contribution in [0.2, 0.25) is 5.15 Å². The van der Waals surface area contributed by atoms with Crippen molar-refractivity contribution in [2.45, 2.75) is 39.2 Å². The third-order valence-electron chi connectivity index (χ3n) is 2.38. The lowest BCUT2D eigenvalue weighted by Gasteiger charge is -2.18. The average molecular weight is 271 g/mol. The van der Waals surface area contributed by atoms with Gasteiger partial charge in [-0.15, -0.1) is 0 Å². The highest BCUT2D eigenvalue weighted by atomic mass is 35.5. The molecule has 0 bridgehead atoms. The first-order chi connectivity index (χ1) is 8.20. The fourth-order valence-electron chi connectivity index (χ4n) is 1.35. The van der Waals surface area contributed by atoms with E-state index in [-0.39, 0.29) is 17.9 Å². The molecule has 0 saturated heterocycles. The van der Waals surface area contributed by atoms with Crippen molar-refractivity contribution in [1.29, 1.82) is 0 Å². The van der Waals surface area contributed by atoms with Crippen molar-refractivity contribution in [3.63, 3.8) is 0 Å². The van der Waals surface area contributed by atoms with Gasteiger partial charge in [0, 0.05) is 23.2 Å². The molecule has 1 heterocycles. The molecule has 2 N–H and O–H groups in total. The van der Waals surface area contributed by atoms with Crippen molar-refractivity contribution in [3.05, 3.63) is 28.5 Å². The van der Waals surface area contributed by atoms with Gasteiger partial charge in [-0.25, -0.2) is 4.98 Å². The smallest absolute Gasteiger partial charge is 0.251 e. The largest absolute Gasteiger partial charge is 0.392 e. The molecule has 1 rings (SSSR count). The Bertz CT molecular complexity index is 439. The number of carbonyl (C=O) groups excluding carboxylic acids is 1. The Morgan fingerprint density at radius 2 is 2.11 bits per heavy atom. The molecular weight excluding hydrogens is 252 g/mol. The summed E-state index contributed by atoms with van der Waals surface area (Å²) in [5.41, 5.74) is 1.04. The lowest BCUT2D eigenvalue weighted by atomic mass is 9.91. The average Bonchev–Trinajstić information content (AvgIpc) is 2.23. The zero-order chi connectivity index (χ0) is 13.9. The molecule has 100 valence electrons. The highest BCUT2D eigenvalue weighted by Crippen LogP contribution is 2.23. The van der Waals surface area contributed by atoms with E-state index in [9.17, 15) is 4.79 Å². The van der Waals surface area contributed by atoms with E-state index >= 15 is 0 Å². The van der Waals surface area contributed by atoms with Gasteiger partial charge >= 0.3 is 0 Å².